The number of β-amino-alcohol motifs (C(OH)–C–C–N with tert-alkyl or cyclic N) is 1. The molecule has 2 amide bonds. The van der Waals surface area contributed by atoms with E-state index in [1.807, 2.05) is 56.6 Å². The first-order chi connectivity index (χ1) is 28.5. The smallest absolute Gasteiger partial charge is 0.254 e. The maximum atomic E-state index is 14.1. The summed E-state index contributed by atoms with van der Waals surface area (Å²) in [6.07, 6.45) is -0.670. The topological polar surface area (TPSA) is 183 Å². The van der Waals surface area contributed by atoms with Gasteiger partial charge in [0, 0.05) is 67.8 Å². The third-order valence-corrected chi connectivity index (χ3v) is 12.9. The van der Waals surface area contributed by atoms with Crippen molar-refractivity contribution in [1.29, 1.82) is 0 Å². The van der Waals surface area contributed by atoms with Gasteiger partial charge in [-0.05, 0) is 71.3 Å². The number of rotatable bonds is 13. The SMILES string of the molecule is Cc1ncsc1-c1ccc(CNC(=O)[C@@H]2C[C@@H](O)CN2C(=O)[C@@H](c2cc(OCCN3C[C@@H]4[C@H](C3)[C@H]4c3cc4cc(-c5cc(F)ccc5O)nnc4[nH]3)no2)C(C)C)cc1. The van der Waals surface area contributed by atoms with Gasteiger partial charge in [0.2, 0.25) is 11.8 Å². The normalized spacial score (nSPS) is 21.9. The van der Waals surface area contributed by atoms with Gasteiger partial charge in [-0.15, -0.1) is 21.5 Å². The summed E-state index contributed by atoms with van der Waals surface area (Å²) in [7, 11) is 0. The first-order valence-electron chi connectivity index (χ1n) is 19.9. The van der Waals surface area contributed by atoms with Crippen LogP contribution in [0.3, 0.4) is 0 Å². The number of ether oxygens (including phenoxy) is 1. The van der Waals surface area contributed by atoms with Crippen molar-refractivity contribution in [3.63, 3.8) is 0 Å². The number of aromatic nitrogens is 5. The summed E-state index contributed by atoms with van der Waals surface area (Å²) in [5.74, 6) is -0.00365. The second kappa shape index (κ2) is 15.8. The lowest BCUT2D eigenvalue weighted by molar-refractivity contribution is -0.141. The molecule has 2 aromatic carbocycles. The number of carbonyl (C=O) groups is 2. The third-order valence-electron chi connectivity index (χ3n) is 12.0. The fourth-order valence-corrected chi connectivity index (χ4v) is 9.69. The van der Waals surface area contributed by atoms with Gasteiger partial charge < -0.3 is 34.7 Å². The number of benzene rings is 2. The van der Waals surface area contributed by atoms with Crippen molar-refractivity contribution in [3.8, 4) is 33.3 Å². The molecule has 4 aromatic heterocycles. The second-order valence-corrected chi connectivity index (χ2v) is 17.1. The number of hydrogen-bond acceptors (Lipinski definition) is 12. The predicted octanol–water partition coefficient (Wildman–Crippen LogP) is 5.63. The number of piperidine rings is 1. The number of aliphatic hydroxyl groups excluding tert-OH is 1. The Balaban J connectivity index is 0.763. The molecule has 9 rings (SSSR count). The first kappa shape index (κ1) is 38.8. The Morgan fingerprint density at radius 2 is 1.86 bits per heavy atom. The van der Waals surface area contributed by atoms with Gasteiger partial charge in [-0.1, -0.05) is 38.1 Å². The van der Waals surface area contributed by atoms with Gasteiger partial charge in [0.05, 0.1) is 27.9 Å². The minimum absolute atomic E-state index is 0.0521. The fourth-order valence-electron chi connectivity index (χ4n) is 8.88. The summed E-state index contributed by atoms with van der Waals surface area (Å²) in [4.78, 5) is 40.2. The first-order valence-corrected chi connectivity index (χ1v) is 20.8. The number of phenols is 1. The monoisotopic (exact) mass is 820 g/mol. The molecule has 6 atom stereocenters. The van der Waals surface area contributed by atoms with Crippen LogP contribution in [0.5, 0.6) is 11.6 Å². The minimum Gasteiger partial charge on any atom is -0.507 e. The molecule has 0 radical (unpaired) electrons. The van der Waals surface area contributed by atoms with Gasteiger partial charge in [0.25, 0.3) is 5.88 Å². The number of aryl methyl sites for hydroxylation is 1. The van der Waals surface area contributed by atoms with E-state index in [1.54, 1.807) is 17.4 Å². The summed E-state index contributed by atoms with van der Waals surface area (Å²) < 4.78 is 25.5. The highest BCUT2D eigenvalue weighted by molar-refractivity contribution is 7.13. The van der Waals surface area contributed by atoms with E-state index in [9.17, 15) is 24.2 Å². The number of amides is 2. The quantitative estimate of drug-likeness (QED) is 0.113. The number of hydrogen-bond donors (Lipinski definition) is 4. The van der Waals surface area contributed by atoms with Crippen molar-refractivity contribution < 1.29 is 33.5 Å². The summed E-state index contributed by atoms with van der Waals surface area (Å²) in [6, 6.07) is 16.4. The largest absolute Gasteiger partial charge is 0.507 e. The van der Waals surface area contributed by atoms with Crippen LogP contribution >= 0.6 is 11.3 Å². The van der Waals surface area contributed by atoms with Crippen molar-refractivity contribution in [1.82, 2.24) is 40.4 Å². The molecule has 0 unspecified atom stereocenters. The zero-order chi connectivity index (χ0) is 40.9. The number of likely N-dealkylation sites (tertiary alicyclic amines) is 2. The van der Waals surface area contributed by atoms with Crippen LogP contribution in [0.1, 0.15) is 54.8 Å². The van der Waals surface area contributed by atoms with E-state index in [-0.39, 0.29) is 42.3 Å². The molecule has 6 aromatic rings. The lowest BCUT2D eigenvalue weighted by Crippen LogP contribution is -2.48. The zero-order valence-electron chi connectivity index (χ0n) is 32.8. The molecule has 0 bridgehead atoms. The minimum atomic E-state index is -0.820. The van der Waals surface area contributed by atoms with Gasteiger partial charge in [-0.25, -0.2) is 9.37 Å². The Morgan fingerprint density at radius 1 is 1.07 bits per heavy atom. The average Bonchev–Trinajstić information content (AvgIpc) is 3.91. The second-order valence-electron chi connectivity index (χ2n) is 16.2. The van der Waals surface area contributed by atoms with Gasteiger partial charge in [0.1, 0.15) is 30.1 Å². The molecule has 3 aliphatic rings. The molecule has 1 aliphatic carbocycles. The van der Waals surface area contributed by atoms with Crippen LogP contribution in [0.25, 0.3) is 32.7 Å². The lowest BCUT2D eigenvalue weighted by atomic mass is 9.91. The number of aromatic amines is 1. The highest BCUT2D eigenvalue weighted by atomic mass is 32.1. The summed E-state index contributed by atoms with van der Waals surface area (Å²) in [5.41, 5.74) is 7.25. The van der Waals surface area contributed by atoms with Crippen molar-refractivity contribution in [2.45, 2.75) is 57.7 Å². The van der Waals surface area contributed by atoms with Crippen LogP contribution in [0.2, 0.25) is 0 Å². The molecule has 2 aliphatic heterocycles. The molecule has 306 valence electrons. The average molecular weight is 821 g/mol. The number of aliphatic hydroxyl groups is 1. The van der Waals surface area contributed by atoms with Gasteiger partial charge >= 0.3 is 0 Å². The Bertz CT molecular complexity index is 2490. The number of phenolic OH excluding ortho intramolecular Hbond substituents is 1. The molecule has 0 spiro atoms. The van der Waals surface area contributed by atoms with E-state index in [0.717, 1.165) is 45.9 Å². The van der Waals surface area contributed by atoms with Crippen molar-refractivity contribution in [3.05, 3.63) is 94.7 Å². The fraction of sp³-hybridized carbons (Fsp3) is 0.395. The highest BCUT2D eigenvalue weighted by Crippen LogP contribution is 2.58. The number of thiazole rings is 1. The van der Waals surface area contributed by atoms with Crippen LogP contribution in [-0.2, 0) is 16.1 Å². The van der Waals surface area contributed by atoms with Gasteiger partial charge in [0.15, 0.2) is 11.4 Å². The predicted molar refractivity (Wildman–Crippen MR) is 217 cm³/mol. The van der Waals surface area contributed by atoms with E-state index < -0.39 is 23.9 Å². The van der Waals surface area contributed by atoms with Gasteiger partial charge in [-0.2, -0.15) is 0 Å². The van der Waals surface area contributed by atoms with Crippen LogP contribution in [0.4, 0.5) is 4.39 Å². The number of halogens is 1. The Labute approximate surface area is 343 Å². The summed E-state index contributed by atoms with van der Waals surface area (Å²) >= 11 is 1.58. The zero-order valence-corrected chi connectivity index (χ0v) is 33.7. The molecule has 16 heteroatoms. The molecule has 1 saturated carbocycles. The third kappa shape index (κ3) is 7.79. The number of fused-ring (bicyclic) bond motifs is 2. The van der Waals surface area contributed by atoms with Crippen LogP contribution in [0.15, 0.2) is 70.7 Å². The van der Waals surface area contributed by atoms with Gasteiger partial charge in [-0.3, -0.25) is 14.5 Å². The number of carbonyl (C=O) groups excluding carboxylic acids is 2. The van der Waals surface area contributed by atoms with Crippen LogP contribution < -0.4 is 10.1 Å². The maximum Gasteiger partial charge on any atom is 0.254 e. The number of H-pyrrole nitrogens is 1. The standard InChI is InChI=1S/C43H45FN8O6S/c1-22(2)38(43(56)52-18-28(53)15-34(52)42(55)45-17-24-4-6-25(7-5-24)40-23(3)46-21-59-40)36-16-37(50-58-36)57-11-10-51-19-30-31(20-51)39(30)33-13-26-12-32(48-49-41(26)47-33)29-14-27(44)8-9-35(29)54/h4-9,12-14,16,21-22,28,30-31,34,38-39,53-54H,10-11,15,17-20H2,1-3H3,(H,45,55)(H,47,49)/t28-,30-,31+,34+,38-,39+/m1/s1. The van der Waals surface area contributed by atoms with E-state index in [1.165, 1.54) is 23.1 Å². The maximum absolute atomic E-state index is 14.1. The molecule has 59 heavy (non-hydrogen) atoms. The van der Waals surface area contributed by atoms with E-state index in [0.29, 0.717) is 60.1 Å². The molecule has 4 N–H and O–H groups in total. The Kier molecular flexibility index (Phi) is 10.4. The van der Waals surface area contributed by atoms with E-state index in [4.69, 9.17) is 9.26 Å². The highest BCUT2D eigenvalue weighted by Gasteiger charge is 2.56. The summed E-state index contributed by atoms with van der Waals surface area (Å²) in [6.45, 7) is 9.08. The van der Waals surface area contributed by atoms with Crippen LogP contribution in [0, 0.1) is 30.5 Å². The molecule has 3 fully saturated rings. The Hall–Kier alpha value is -5.71. The van der Waals surface area contributed by atoms with E-state index in [2.05, 4.69) is 41.6 Å². The molecular formula is C43H45FN8O6S. The Morgan fingerprint density at radius 3 is 2.61 bits per heavy atom. The number of aromatic hydroxyl groups is 1. The van der Waals surface area contributed by atoms with Crippen molar-refractivity contribution in [2.24, 2.45) is 17.8 Å². The van der Waals surface area contributed by atoms with Crippen molar-refractivity contribution in [2.75, 3.05) is 32.8 Å². The molecular weight excluding hydrogens is 776 g/mol. The van der Waals surface area contributed by atoms with Crippen LogP contribution in [-0.4, -0.2) is 102 Å². The lowest BCUT2D eigenvalue weighted by Gasteiger charge is -2.28. The number of nitrogens with one attached hydrogen (secondary N) is 2. The molecule has 14 nitrogen and oxygen atoms in total. The summed E-state index contributed by atoms with van der Waals surface area (Å²) in [5, 5.41) is 37.3. The van der Waals surface area contributed by atoms with Crippen molar-refractivity contribution >= 4 is 34.2 Å². The number of nitrogens with zero attached hydrogens (tertiary/aromatic N) is 6. The molecule has 6 heterocycles. The molecule has 2 saturated heterocycles. The van der Waals surface area contributed by atoms with E-state index >= 15 is 0 Å².